The van der Waals surface area contributed by atoms with Crippen molar-refractivity contribution in [2.75, 3.05) is 6.61 Å². The summed E-state index contributed by atoms with van der Waals surface area (Å²) in [5.74, 6) is 2.81. The van der Waals surface area contributed by atoms with Gasteiger partial charge in [0.2, 0.25) is 0 Å². The fraction of sp³-hybridized carbons (Fsp3) is 0.308. The van der Waals surface area contributed by atoms with Crippen molar-refractivity contribution in [1.82, 2.24) is 0 Å². The molecule has 0 aliphatic heterocycles. The van der Waals surface area contributed by atoms with Crippen molar-refractivity contribution in [3.05, 3.63) is 35.1 Å². The second-order valence-electron chi connectivity index (χ2n) is 3.48. The average molecular weight is 274 g/mol. The minimum absolute atomic E-state index is 0.0157. The van der Waals surface area contributed by atoms with Gasteiger partial charge in [0.25, 0.3) is 0 Å². The second kappa shape index (κ2) is 6.23. The number of rotatable bonds is 2. The molecule has 0 aromatic heterocycles. The van der Waals surface area contributed by atoms with Gasteiger partial charge in [-0.3, -0.25) is 4.79 Å². The Labute approximate surface area is 107 Å². The van der Waals surface area contributed by atoms with E-state index >= 15 is 0 Å². The Hall–Kier alpha value is -2.03. The molecular weight excluding hydrogens is 264 g/mol. The molecule has 0 saturated carbocycles. The molecule has 2 nitrogen and oxygen atoms in total. The second-order valence-corrected chi connectivity index (χ2v) is 3.48. The van der Waals surface area contributed by atoms with E-state index in [-0.39, 0.29) is 18.6 Å². The molecule has 0 heterocycles. The summed E-state index contributed by atoms with van der Waals surface area (Å²) in [4.78, 5) is 10.9. The monoisotopic (exact) mass is 274 g/mol. The maximum atomic E-state index is 13.0. The minimum Gasteiger partial charge on any atom is -0.465 e. The molecular formula is C13H10F4O2. The molecule has 1 aromatic carbocycles. The predicted octanol–water partition coefficient (Wildman–Crippen LogP) is 3.15. The van der Waals surface area contributed by atoms with Crippen molar-refractivity contribution in [2.45, 2.75) is 19.5 Å². The van der Waals surface area contributed by atoms with Crippen LogP contribution in [0.1, 0.15) is 24.5 Å². The molecule has 1 aromatic rings. The standard InChI is InChI=1S/C13H10F4O2/c1-2-19-12(18)5-3-4-9-6-7-11(14)10(8-9)13(15,16)17/h6-8H,2,5H2,1H3. The Morgan fingerprint density at radius 1 is 1.37 bits per heavy atom. The zero-order chi connectivity index (χ0) is 14.5. The lowest BCUT2D eigenvalue weighted by Gasteiger charge is -2.07. The molecule has 0 fully saturated rings. The van der Waals surface area contributed by atoms with Gasteiger partial charge in [0.1, 0.15) is 12.2 Å². The molecule has 19 heavy (non-hydrogen) atoms. The molecule has 0 aliphatic rings. The third kappa shape index (κ3) is 4.62. The van der Waals surface area contributed by atoms with E-state index in [1.165, 1.54) is 0 Å². The number of ether oxygens (including phenoxy) is 1. The number of carbonyl (C=O) groups excluding carboxylic acids is 1. The number of hydrogen-bond acceptors (Lipinski definition) is 2. The van der Waals surface area contributed by atoms with Crippen LogP contribution in [0, 0.1) is 17.7 Å². The highest BCUT2D eigenvalue weighted by atomic mass is 19.4. The van der Waals surface area contributed by atoms with Crippen molar-refractivity contribution in [3.8, 4) is 11.8 Å². The quantitative estimate of drug-likeness (QED) is 0.470. The van der Waals surface area contributed by atoms with Crippen LogP contribution >= 0.6 is 0 Å². The number of alkyl halides is 3. The predicted molar refractivity (Wildman–Crippen MR) is 59.5 cm³/mol. The first kappa shape index (κ1) is 15.0. The molecule has 0 aliphatic carbocycles. The summed E-state index contributed by atoms with van der Waals surface area (Å²) in [6, 6.07) is 2.41. The molecule has 1 rings (SSSR count). The molecule has 0 bridgehead atoms. The first-order chi connectivity index (χ1) is 8.84. The Morgan fingerprint density at radius 3 is 2.63 bits per heavy atom. The summed E-state index contributed by atoms with van der Waals surface area (Å²) in [7, 11) is 0. The third-order valence-electron chi connectivity index (χ3n) is 2.04. The van der Waals surface area contributed by atoms with Gasteiger partial charge in [0, 0.05) is 5.56 Å². The van der Waals surface area contributed by atoms with Crippen LogP contribution in [0.2, 0.25) is 0 Å². The zero-order valence-corrected chi connectivity index (χ0v) is 9.97. The third-order valence-corrected chi connectivity index (χ3v) is 2.04. The largest absolute Gasteiger partial charge is 0.465 e. The van der Waals surface area contributed by atoms with Crippen LogP contribution < -0.4 is 0 Å². The summed E-state index contributed by atoms with van der Waals surface area (Å²) in [6.07, 6.45) is -5.00. The topological polar surface area (TPSA) is 26.3 Å². The minimum atomic E-state index is -4.77. The van der Waals surface area contributed by atoms with E-state index in [4.69, 9.17) is 0 Å². The van der Waals surface area contributed by atoms with Gasteiger partial charge in [0.15, 0.2) is 0 Å². The summed E-state index contributed by atoms with van der Waals surface area (Å²) < 4.78 is 54.8. The average Bonchev–Trinajstić information content (AvgIpc) is 2.30. The zero-order valence-electron chi connectivity index (χ0n) is 9.97. The molecule has 0 radical (unpaired) electrons. The van der Waals surface area contributed by atoms with E-state index in [9.17, 15) is 22.4 Å². The van der Waals surface area contributed by atoms with E-state index in [1.807, 2.05) is 0 Å². The van der Waals surface area contributed by atoms with Gasteiger partial charge in [-0.15, -0.1) is 0 Å². The molecule has 102 valence electrons. The normalized spacial score (nSPS) is 10.6. The lowest BCUT2D eigenvalue weighted by atomic mass is 10.1. The van der Waals surface area contributed by atoms with Crippen LogP contribution in [0.25, 0.3) is 0 Å². The Balaban J connectivity index is 2.87. The fourth-order valence-electron chi connectivity index (χ4n) is 1.25. The number of benzene rings is 1. The van der Waals surface area contributed by atoms with Crippen molar-refractivity contribution < 1.29 is 27.1 Å². The maximum absolute atomic E-state index is 13.0. The van der Waals surface area contributed by atoms with E-state index < -0.39 is 23.5 Å². The Bertz CT molecular complexity index is 524. The van der Waals surface area contributed by atoms with Crippen LogP contribution in [0.5, 0.6) is 0 Å². The van der Waals surface area contributed by atoms with Crippen molar-refractivity contribution in [1.29, 1.82) is 0 Å². The van der Waals surface area contributed by atoms with Crippen LogP contribution in [-0.2, 0) is 15.7 Å². The smallest absolute Gasteiger partial charge is 0.419 e. The van der Waals surface area contributed by atoms with E-state index in [1.54, 1.807) is 6.92 Å². The van der Waals surface area contributed by atoms with Crippen molar-refractivity contribution >= 4 is 5.97 Å². The van der Waals surface area contributed by atoms with Gasteiger partial charge in [-0.1, -0.05) is 11.8 Å². The SMILES string of the molecule is CCOC(=O)CC#Cc1ccc(F)c(C(F)(F)F)c1. The van der Waals surface area contributed by atoms with Crippen LogP contribution in [0.3, 0.4) is 0 Å². The van der Waals surface area contributed by atoms with Crippen LogP contribution in [0.15, 0.2) is 18.2 Å². The Kier molecular flexibility index (Phi) is 4.93. The van der Waals surface area contributed by atoms with Crippen LogP contribution in [-0.4, -0.2) is 12.6 Å². The van der Waals surface area contributed by atoms with E-state index in [0.717, 1.165) is 6.07 Å². The fourth-order valence-corrected chi connectivity index (χ4v) is 1.25. The summed E-state index contributed by atoms with van der Waals surface area (Å²) in [5.41, 5.74) is -1.39. The van der Waals surface area contributed by atoms with E-state index in [0.29, 0.717) is 12.1 Å². The van der Waals surface area contributed by atoms with Gasteiger partial charge in [-0.25, -0.2) is 4.39 Å². The summed E-state index contributed by atoms with van der Waals surface area (Å²) in [6.45, 7) is 1.83. The first-order valence-electron chi connectivity index (χ1n) is 5.36. The highest BCUT2D eigenvalue weighted by Crippen LogP contribution is 2.31. The number of halogens is 4. The van der Waals surface area contributed by atoms with Gasteiger partial charge >= 0.3 is 12.1 Å². The van der Waals surface area contributed by atoms with Crippen molar-refractivity contribution in [2.24, 2.45) is 0 Å². The molecule has 0 amide bonds. The lowest BCUT2D eigenvalue weighted by molar-refractivity contribution is -0.142. The molecule has 0 atom stereocenters. The molecule has 6 heteroatoms. The maximum Gasteiger partial charge on any atom is 0.419 e. The summed E-state index contributed by atoms with van der Waals surface area (Å²) >= 11 is 0. The molecule has 0 saturated heterocycles. The summed E-state index contributed by atoms with van der Waals surface area (Å²) in [5, 5.41) is 0. The number of esters is 1. The molecule has 0 N–H and O–H groups in total. The molecule has 0 unspecified atom stereocenters. The van der Waals surface area contributed by atoms with Gasteiger partial charge in [0.05, 0.1) is 12.2 Å². The first-order valence-corrected chi connectivity index (χ1v) is 5.36. The molecule has 0 spiro atoms. The highest BCUT2D eigenvalue weighted by Gasteiger charge is 2.34. The number of carbonyl (C=O) groups is 1. The van der Waals surface area contributed by atoms with Gasteiger partial charge in [-0.05, 0) is 25.1 Å². The lowest BCUT2D eigenvalue weighted by Crippen LogP contribution is -2.08. The van der Waals surface area contributed by atoms with E-state index in [2.05, 4.69) is 16.6 Å². The highest BCUT2D eigenvalue weighted by molar-refractivity contribution is 5.72. The van der Waals surface area contributed by atoms with Crippen LogP contribution in [0.4, 0.5) is 17.6 Å². The van der Waals surface area contributed by atoms with Gasteiger partial charge < -0.3 is 4.74 Å². The van der Waals surface area contributed by atoms with Gasteiger partial charge in [-0.2, -0.15) is 13.2 Å². The van der Waals surface area contributed by atoms with Crippen molar-refractivity contribution in [3.63, 3.8) is 0 Å². The Morgan fingerprint density at radius 2 is 2.05 bits per heavy atom. The number of hydrogen-bond donors (Lipinski definition) is 0.